The van der Waals surface area contributed by atoms with Crippen LogP contribution in [0, 0.1) is 0 Å². The van der Waals surface area contributed by atoms with Crippen molar-refractivity contribution in [3.05, 3.63) is 60.8 Å². The number of carbonyl (C=O) groups excluding carboxylic acids is 1. The summed E-state index contributed by atoms with van der Waals surface area (Å²) in [5, 5.41) is 3.72. The van der Waals surface area contributed by atoms with E-state index < -0.39 is 0 Å². The number of thioether (sulfide) groups is 1. The van der Waals surface area contributed by atoms with Crippen molar-refractivity contribution in [2.24, 2.45) is 4.99 Å². The van der Waals surface area contributed by atoms with Crippen LogP contribution in [0.5, 0.6) is 0 Å². The summed E-state index contributed by atoms with van der Waals surface area (Å²) in [7, 11) is 0. The molecule has 1 aliphatic rings. The molecule has 2 heterocycles. The van der Waals surface area contributed by atoms with Crippen LogP contribution in [-0.2, 0) is 4.79 Å². The van der Waals surface area contributed by atoms with Gasteiger partial charge in [-0.15, -0.1) is 0 Å². The molecule has 3 aromatic rings. The molecule has 0 bridgehead atoms. The van der Waals surface area contributed by atoms with E-state index in [1.807, 2.05) is 48.7 Å². The fourth-order valence-corrected chi connectivity index (χ4v) is 3.58. The number of aromatic nitrogens is 2. The van der Waals surface area contributed by atoms with E-state index in [0.29, 0.717) is 0 Å². The fraction of sp³-hybridized carbons (Fsp3) is 0.105. The van der Waals surface area contributed by atoms with Crippen molar-refractivity contribution in [3.63, 3.8) is 0 Å². The number of anilines is 1. The summed E-state index contributed by atoms with van der Waals surface area (Å²) in [6.07, 6.45) is 2.04. The number of nitrogens with one attached hydrogen (secondary N) is 1. The van der Waals surface area contributed by atoms with Gasteiger partial charge in [0.05, 0.1) is 17.1 Å². The van der Waals surface area contributed by atoms with Crippen molar-refractivity contribution in [1.82, 2.24) is 9.55 Å². The molecule has 0 spiro atoms. The highest BCUT2D eigenvalue weighted by Gasteiger charge is 2.21. The lowest BCUT2D eigenvalue weighted by atomic mass is 10.2. The van der Waals surface area contributed by atoms with Gasteiger partial charge in [-0.3, -0.25) is 9.36 Å². The average molecular weight is 348 g/mol. The fourth-order valence-electron chi connectivity index (χ4n) is 2.65. The Morgan fingerprint density at radius 2 is 1.92 bits per heavy atom. The lowest BCUT2D eigenvalue weighted by Crippen LogP contribution is -2.07. The minimum Gasteiger partial charge on any atom is -0.326 e. The maximum Gasteiger partial charge on any atom is 0.221 e. The van der Waals surface area contributed by atoms with Gasteiger partial charge < -0.3 is 5.32 Å². The molecule has 0 aliphatic carbocycles. The molecule has 0 atom stereocenters. The van der Waals surface area contributed by atoms with Crippen molar-refractivity contribution in [2.45, 2.75) is 12.1 Å². The van der Waals surface area contributed by atoms with Gasteiger partial charge in [0, 0.05) is 24.4 Å². The van der Waals surface area contributed by atoms with Gasteiger partial charge >= 0.3 is 0 Å². The van der Waals surface area contributed by atoms with Crippen LogP contribution in [0.4, 0.5) is 11.4 Å². The highest BCUT2D eigenvalue weighted by Crippen LogP contribution is 2.30. The summed E-state index contributed by atoms with van der Waals surface area (Å²) in [6, 6.07) is 17.6. The number of imidazole rings is 1. The first-order valence-electron chi connectivity index (χ1n) is 7.92. The standard InChI is InChI=1S/C19H16N4OS/c1-13(24)20-15-7-9-16(10-8-15)21-18-12-25-19-22-17(11-23(18)19)14-5-3-2-4-6-14/h2-11H,12H2,1H3,(H,20,24). The maximum absolute atomic E-state index is 11.1. The Labute approximate surface area is 149 Å². The van der Waals surface area contributed by atoms with Crippen LogP contribution in [0.25, 0.3) is 11.3 Å². The van der Waals surface area contributed by atoms with E-state index in [9.17, 15) is 4.79 Å². The first-order valence-corrected chi connectivity index (χ1v) is 8.91. The van der Waals surface area contributed by atoms with Crippen LogP contribution in [-0.4, -0.2) is 27.0 Å². The number of hydrogen-bond donors (Lipinski definition) is 1. The van der Waals surface area contributed by atoms with Gasteiger partial charge in [-0.05, 0) is 24.3 Å². The predicted octanol–water partition coefficient (Wildman–Crippen LogP) is 4.19. The Bertz CT molecular complexity index is 945. The Morgan fingerprint density at radius 1 is 1.16 bits per heavy atom. The van der Waals surface area contributed by atoms with Gasteiger partial charge in [0.25, 0.3) is 0 Å². The summed E-state index contributed by atoms with van der Waals surface area (Å²) in [4.78, 5) is 20.5. The molecule has 1 aliphatic heterocycles. The molecule has 25 heavy (non-hydrogen) atoms. The van der Waals surface area contributed by atoms with Crippen LogP contribution >= 0.6 is 11.8 Å². The summed E-state index contributed by atoms with van der Waals surface area (Å²) in [6.45, 7) is 1.49. The van der Waals surface area contributed by atoms with Crippen LogP contribution in [0.2, 0.25) is 0 Å². The normalized spacial score (nSPS) is 14.5. The summed E-state index contributed by atoms with van der Waals surface area (Å²) < 4.78 is 2.05. The molecule has 124 valence electrons. The molecule has 1 aromatic heterocycles. The first kappa shape index (κ1) is 15.7. The Morgan fingerprint density at radius 3 is 2.64 bits per heavy atom. The van der Waals surface area contributed by atoms with Crippen LogP contribution in [0.3, 0.4) is 0 Å². The number of amides is 1. The van der Waals surface area contributed by atoms with Gasteiger partial charge in [0.2, 0.25) is 5.91 Å². The monoisotopic (exact) mass is 348 g/mol. The minimum atomic E-state index is -0.0808. The molecule has 5 nitrogen and oxygen atoms in total. The number of benzene rings is 2. The average Bonchev–Trinajstić information content (AvgIpc) is 3.19. The van der Waals surface area contributed by atoms with E-state index in [2.05, 4.69) is 22.0 Å². The highest BCUT2D eigenvalue weighted by molar-refractivity contribution is 8.00. The van der Waals surface area contributed by atoms with E-state index in [4.69, 9.17) is 9.98 Å². The topological polar surface area (TPSA) is 59.3 Å². The van der Waals surface area contributed by atoms with Gasteiger partial charge in [-0.2, -0.15) is 0 Å². The number of carbonyl (C=O) groups is 1. The second-order valence-corrected chi connectivity index (χ2v) is 6.63. The molecule has 1 N–H and O–H groups in total. The van der Waals surface area contributed by atoms with Crippen molar-refractivity contribution in [1.29, 1.82) is 0 Å². The minimum absolute atomic E-state index is 0.0808. The van der Waals surface area contributed by atoms with Crippen molar-refractivity contribution < 1.29 is 4.79 Å². The molecule has 0 unspecified atom stereocenters. The van der Waals surface area contributed by atoms with Gasteiger partial charge in [0.1, 0.15) is 5.84 Å². The second kappa shape index (κ2) is 6.57. The van der Waals surface area contributed by atoms with Gasteiger partial charge in [-0.25, -0.2) is 9.98 Å². The molecular weight excluding hydrogens is 332 g/mol. The number of hydrogen-bond acceptors (Lipinski definition) is 4. The number of fused-ring (bicyclic) bond motifs is 1. The Hall–Kier alpha value is -2.86. The van der Waals surface area contributed by atoms with Gasteiger partial charge in [0.15, 0.2) is 5.16 Å². The quantitative estimate of drug-likeness (QED) is 0.772. The number of rotatable bonds is 3. The molecule has 0 fully saturated rings. The molecule has 2 aromatic carbocycles. The first-order chi connectivity index (χ1) is 12.2. The van der Waals surface area contributed by atoms with E-state index in [0.717, 1.165) is 39.4 Å². The van der Waals surface area contributed by atoms with E-state index in [-0.39, 0.29) is 5.91 Å². The molecule has 4 rings (SSSR count). The number of nitrogens with zero attached hydrogens (tertiary/aromatic N) is 3. The molecule has 0 radical (unpaired) electrons. The lowest BCUT2D eigenvalue weighted by molar-refractivity contribution is -0.114. The van der Waals surface area contributed by atoms with Gasteiger partial charge in [-0.1, -0.05) is 42.1 Å². The molecule has 0 saturated heterocycles. The zero-order valence-electron chi connectivity index (χ0n) is 13.6. The molecule has 0 saturated carbocycles. The van der Waals surface area contributed by atoms with Crippen LogP contribution in [0.1, 0.15) is 6.92 Å². The van der Waals surface area contributed by atoms with E-state index >= 15 is 0 Å². The van der Waals surface area contributed by atoms with Crippen molar-refractivity contribution in [3.8, 4) is 11.3 Å². The van der Waals surface area contributed by atoms with Crippen LogP contribution < -0.4 is 5.32 Å². The largest absolute Gasteiger partial charge is 0.326 e. The summed E-state index contributed by atoms with van der Waals surface area (Å²) in [5.74, 6) is 1.68. The predicted molar refractivity (Wildman–Crippen MR) is 102 cm³/mol. The second-order valence-electron chi connectivity index (χ2n) is 5.69. The van der Waals surface area contributed by atoms with Crippen molar-refractivity contribution in [2.75, 3.05) is 11.1 Å². The summed E-state index contributed by atoms with van der Waals surface area (Å²) >= 11 is 1.69. The zero-order chi connectivity index (χ0) is 17.2. The third-order valence-electron chi connectivity index (χ3n) is 3.80. The molecule has 6 heteroatoms. The smallest absolute Gasteiger partial charge is 0.221 e. The van der Waals surface area contributed by atoms with E-state index in [1.54, 1.807) is 11.8 Å². The van der Waals surface area contributed by atoms with Crippen LogP contribution in [0.15, 0.2) is 70.9 Å². The SMILES string of the molecule is CC(=O)Nc1ccc(N=C2CSc3nc(-c4ccccc4)cn32)cc1. The maximum atomic E-state index is 11.1. The number of aliphatic imine (C=N–C) groups is 1. The highest BCUT2D eigenvalue weighted by atomic mass is 32.2. The molecule has 1 amide bonds. The van der Waals surface area contributed by atoms with E-state index in [1.165, 1.54) is 6.92 Å². The third kappa shape index (κ3) is 3.34. The van der Waals surface area contributed by atoms with Crippen molar-refractivity contribution >= 4 is 34.9 Å². The Balaban J connectivity index is 1.60. The zero-order valence-corrected chi connectivity index (χ0v) is 14.5. The third-order valence-corrected chi connectivity index (χ3v) is 4.75. The summed E-state index contributed by atoms with van der Waals surface area (Å²) in [5.41, 5.74) is 3.68. The lowest BCUT2D eigenvalue weighted by Gasteiger charge is -2.03. The Kier molecular flexibility index (Phi) is 4.11. The molecular formula is C19H16N4OS.